The standard InChI is InChI=1S/C13H17N3O2/c1-18-6-2-5-16-12-3-4-15-9-11(12)7-10(8-14)13(16)17/h7,15H,2-6,9H2,1H3. The Kier molecular flexibility index (Phi) is 4.13. The second kappa shape index (κ2) is 5.80. The van der Waals surface area contributed by atoms with E-state index in [1.807, 2.05) is 6.07 Å². The van der Waals surface area contributed by atoms with Gasteiger partial charge in [-0.25, -0.2) is 0 Å². The molecule has 0 saturated carbocycles. The SMILES string of the molecule is COCCCn1c2c(cc(C#N)c1=O)CNCC2. The first-order chi connectivity index (χ1) is 8.77. The van der Waals surface area contributed by atoms with Gasteiger partial charge in [0.05, 0.1) is 0 Å². The van der Waals surface area contributed by atoms with Crippen molar-refractivity contribution >= 4 is 0 Å². The van der Waals surface area contributed by atoms with E-state index in [0.717, 1.165) is 37.2 Å². The third kappa shape index (κ3) is 2.45. The summed E-state index contributed by atoms with van der Waals surface area (Å²) < 4.78 is 6.76. The third-order valence-electron chi connectivity index (χ3n) is 3.20. The number of pyridine rings is 1. The minimum absolute atomic E-state index is 0.172. The highest BCUT2D eigenvalue weighted by Gasteiger charge is 2.16. The molecule has 96 valence electrons. The number of fused-ring (bicyclic) bond motifs is 1. The van der Waals surface area contributed by atoms with Gasteiger partial charge in [0.2, 0.25) is 0 Å². The second-order valence-corrected chi connectivity index (χ2v) is 4.37. The molecule has 0 saturated heterocycles. The molecule has 0 radical (unpaired) electrons. The number of hydrogen-bond acceptors (Lipinski definition) is 4. The summed E-state index contributed by atoms with van der Waals surface area (Å²) in [6, 6.07) is 3.70. The van der Waals surface area contributed by atoms with Crippen LogP contribution in [0.4, 0.5) is 0 Å². The summed E-state index contributed by atoms with van der Waals surface area (Å²) >= 11 is 0. The monoisotopic (exact) mass is 247 g/mol. The van der Waals surface area contributed by atoms with Crippen molar-refractivity contribution in [2.45, 2.75) is 25.9 Å². The Balaban J connectivity index is 2.41. The molecule has 0 aliphatic carbocycles. The topological polar surface area (TPSA) is 67.0 Å². The van der Waals surface area contributed by atoms with Gasteiger partial charge in [-0.2, -0.15) is 5.26 Å². The van der Waals surface area contributed by atoms with E-state index in [1.54, 1.807) is 17.7 Å². The van der Waals surface area contributed by atoms with Gasteiger partial charge in [0.25, 0.3) is 5.56 Å². The molecule has 1 aliphatic heterocycles. The van der Waals surface area contributed by atoms with Crippen molar-refractivity contribution in [3.8, 4) is 6.07 Å². The van der Waals surface area contributed by atoms with Crippen LogP contribution in [0.25, 0.3) is 0 Å². The lowest BCUT2D eigenvalue weighted by Gasteiger charge is -2.22. The van der Waals surface area contributed by atoms with Crippen LogP contribution in [0.1, 0.15) is 23.2 Å². The minimum Gasteiger partial charge on any atom is -0.385 e. The Labute approximate surface area is 106 Å². The number of nitrogens with zero attached hydrogens (tertiary/aromatic N) is 2. The van der Waals surface area contributed by atoms with Gasteiger partial charge < -0.3 is 14.6 Å². The zero-order chi connectivity index (χ0) is 13.0. The lowest BCUT2D eigenvalue weighted by Crippen LogP contribution is -2.34. The van der Waals surface area contributed by atoms with Crippen molar-refractivity contribution in [2.75, 3.05) is 20.3 Å². The van der Waals surface area contributed by atoms with Crippen LogP contribution in [0, 0.1) is 11.3 Å². The largest absolute Gasteiger partial charge is 0.385 e. The summed E-state index contributed by atoms with van der Waals surface area (Å²) in [6.45, 7) is 2.85. The summed E-state index contributed by atoms with van der Waals surface area (Å²) in [5, 5.41) is 12.3. The first-order valence-electron chi connectivity index (χ1n) is 6.13. The van der Waals surface area contributed by atoms with E-state index in [9.17, 15) is 4.79 Å². The highest BCUT2D eigenvalue weighted by atomic mass is 16.5. The van der Waals surface area contributed by atoms with Gasteiger partial charge in [-0.1, -0.05) is 0 Å². The maximum Gasteiger partial charge on any atom is 0.268 e. The lowest BCUT2D eigenvalue weighted by molar-refractivity contribution is 0.189. The van der Waals surface area contributed by atoms with E-state index in [1.165, 1.54) is 0 Å². The molecular formula is C13H17N3O2. The zero-order valence-corrected chi connectivity index (χ0v) is 10.5. The predicted octanol–water partition coefficient (Wildman–Crippen LogP) is 0.402. The van der Waals surface area contributed by atoms with Crippen molar-refractivity contribution in [1.82, 2.24) is 9.88 Å². The number of aromatic nitrogens is 1. The summed E-state index contributed by atoms with van der Waals surface area (Å²) in [7, 11) is 1.65. The number of ether oxygens (including phenoxy) is 1. The number of nitriles is 1. The number of methoxy groups -OCH3 is 1. The fourth-order valence-corrected chi connectivity index (χ4v) is 2.32. The molecule has 1 N–H and O–H groups in total. The van der Waals surface area contributed by atoms with Crippen LogP contribution in [-0.4, -0.2) is 24.8 Å². The Hall–Kier alpha value is -1.64. The van der Waals surface area contributed by atoms with E-state index in [4.69, 9.17) is 10.00 Å². The van der Waals surface area contributed by atoms with Crippen molar-refractivity contribution in [3.63, 3.8) is 0 Å². The minimum atomic E-state index is -0.172. The highest BCUT2D eigenvalue weighted by Crippen LogP contribution is 2.13. The molecule has 1 aliphatic rings. The molecule has 0 unspecified atom stereocenters. The molecule has 0 amide bonds. The van der Waals surface area contributed by atoms with Gasteiger partial charge in [-0.15, -0.1) is 0 Å². The normalized spacial score (nSPS) is 14.0. The van der Waals surface area contributed by atoms with Gasteiger partial charge in [0.15, 0.2) is 0 Å². The van der Waals surface area contributed by atoms with Gasteiger partial charge >= 0.3 is 0 Å². The lowest BCUT2D eigenvalue weighted by atomic mass is 10.0. The fraction of sp³-hybridized carbons (Fsp3) is 0.538. The second-order valence-electron chi connectivity index (χ2n) is 4.37. The van der Waals surface area contributed by atoms with Crippen LogP contribution in [0.15, 0.2) is 10.9 Å². The molecule has 1 aromatic rings. The van der Waals surface area contributed by atoms with E-state index < -0.39 is 0 Å². The van der Waals surface area contributed by atoms with E-state index >= 15 is 0 Å². The third-order valence-corrected chi connectivity index (χ3v) is 3.20. The fourth-order valence-electron chi connectivity index (χ4n) is 2.32. The number of rotatable bonds is 4. The first-order valence-corrected chi connectivity index (χ1v) is 6.13. The molecule has 5 nitrogen and oxygen atoms in total. The molecule has 0 atom stereocenters. The Morgan fingerprint density at radius 1 is 1.61 bits per heavy atom. The maximum atomic E-state index is 12.1. The van der Waals surface area contributed by atoms with Gasteiger partial charge in [-0.3, -0.25) is 4.79 Å². The molecule has 0 spiro atoms. The van der Waals surface area contributed by atoms with Crippen LogP contribution in [0.2, 0.25) is 0 Å². The van der Waals surface area contributed by atoms with Crippen molar-refractivity contribution in [2.24, 2.45) is 0 Å². The molecule has 18 heavy (non-hydrogen) atoms. The van der Waals surface area contributed by atoms with Crippen molar-refractivity contribution < 1.29 is 4.74 Å². The predicted molar refractivity (Wildman–Crippen MR) is 67.3 cm³/mol. The summed E-state index contributed by atoms with van der Waals surface area (Å²) in [5.74, 6) is 0. The van der Waals surface area contributed by atoms with Crippen LogP contribution >= 0.6 is 0 Å². The van der Waals surface area contributed by atoms with Crippen LogP contribution < -0.4 is 10.9 Å². The summed E-state index contributed by atoms with van der Waals surface area (Å²) in [4.78, 5) is 12.1. The smallest absolute Gasteiger partial charge is 0.268 e. The van der Waals surface area contributed by atoms with Crippen LogP contribution in [0.3, 0.4) is 0 Å². The molecule has 0 bridgehead atoms. The summed E-state index contributed by atoms with van der Waals surface area (Å²) in [6.07, 6.45) is 1.62. The molecule has 0 fully saturated rings. The molecule has 0 aromatic carbocycles. The van der Waals surface area contributed by atoms with E-state index in [2.05, 4.69) is 5.32 Å². The van der Waals surface area contributed by atoms with Gasteiger partial charge in [-0.05, 0) is 18.1 Å². The van der Waals surface area contributed by atoms with Crippen molar-refractivity contribution in [1.29, 1.82) is 5.26 Å². The van der Waals surface area contributed by atoms with E-state index in [0.29, 0.717) is 13.2 Å². The van der Waals surface area contributed by atoms with Crippen LogP contribution in [0.5, 0.6) is 0 Å². The number of hydrogen-bond donors (Lipinski definition) is 1. The van der Waals surface area contributed by atoms with Gasteiger partial charge in [0, 0.05) is 45.5 Å². The maximum absolute atomic E-state index is 12.1. The molecule has 5 heteroatoms. The average molecular weight is 247 g/mol. The molecule has 2 heterocycles. The Morgan fingerprint density at radius 2 is 2.44 bits per heavy atom. The van der Waals surface area contributed by atoms with Gasteiger partial charge in [0.1, 0.15) is 11.6 Å². The Bertz CT molecular complexity index is 528. The molecule has 1 aromatic heterocycles. The average Bonchev–Trinajstić information content (AvgIpc) is 2.41. The summed E-state index contributed by atoms with van der Waals surface area (Å²) in [5.41, 5.74) is 2.19. The number of nitrogens with one attached hydrogen (secondary N) is 1. The zero-order valence-electron chi connectivity index (χ0n) is 10.5. The highest BCUT2D eigenvalue weighted by molar-refractivity contribution is 5.35. The Morgan fingerprint density at radius 3 is 3.17 bits per heavy atom. The quantitative estimate of drug-likeness (QED) is 0.782. The van der Waals surface area contributed by atoms with Crippen molar-refractivity contribution in [3.05, 3.63) is 33.2 Å². The van der Waals surface area contributed by atoms with Crippen LogP contribution in [-0.2, 0) is 24.2 Å². The molecular weight excluding hydrogens is 230 g/mol. The molecule has 2 rings (SSSR count). The first kappa shape index (κ1) is 12.8. The van der Waals surface area contributed by atoms with E-state index in [-0.39, 0.29) is 11.1 Å².